The van der Waals surface area contributed by atoms with Gasteiger partial charge in [-0.1, -0.05) is 11.8 Å². The molecule has 2 N–H and O–H groups in total. The maximum atomic E-state index is 12.7. The molecule has 1 amide bonds. The van der Waals surface area contributed by atoms with Crippen LogP contribution in [0.15, 0.2) is 56.2 Å². The Hall–Kier alpha value is -2.10. The Balaban J connectivity index is 2.59. The molecule has 1 aliphatic rings. The molecule has 22 heavy (non-hydrogen) atoms. The Morgan fingerprint density at radius 3 is 2.59 bits per heavy atom. The zero-order valence-corrected chi connectivity index (χ0v) is 13.0. The van der Waals surface area contributed by atoms with Crippen LogP contribution in [0.2, 0.25) is 0 Å². The molecule has 0 fully saturated rings. The Morgan fingerprint density at radius 2 is 2.00 bits per heavy atom. The van der Waals surface area contributed by atoms with Gasteiger partial charge in [0.2, 0.25) is 9.84 Å². The summed E-state index contributed by atoms with van der Waals surface area (Å²) in [5.41, 5.74) is 2.46. The van der Waals surface area contributed by atoms with Gasteiger partial charge < -0.3 is 4.74 Å². The summed E-state index contributed by atoms with van der Waals surface area (Å²) in [5.74, 6) is -0.455. The zero-order chi connectivity index (χ0) is 16.2. The highest BCUT2D eigenvalue weighted by atomic mass is 32.2. The number of methoxy groups -OCH3 is 1. The Labute approximate surface area is 131 Å². The van der Waals surface area contributed by atoms with Gasteiger partial charge in [0.15, 0.2) is 5.03 Å². The number of thioether (sulfide) groups is 1. The normalized spacial score (nSPS) is 14.6. The molecule has 1 aromatic rings. The lowest BCUT2D eigenvalue weighted by Crippen LogP contribution is -2.22. The molecule has 0 bridgehead atoms. The lowest BCUT2D eigenvalue weighted by Gasteiger charge is -2.08. The van der Waals surface area contributed by atoms with Crippen LogP contribution in [0.3, 0.4) is 0 Å². The van der Waals surface area contributed by atoms with Gasteiger partial charge in [-0.25, -0.2) is 18.9 Å². The monoisotopic (exact) mass is 340 g/mol. The van der Waals surface area contributed by atoms with E-state index in [9.17, 15) is 13.2 Å². The van der Waals surface area contributed by atoms with Crippen molar-refractivity contribution in [1.29, 1.82) is 0 Å². The van der Waals surface area contributed by atoms with Crippen molar-refractivity contribution in [3.05, 3.63) is 46.4 Å². The number of nitrogens with zero attached hydrogens (tertiary/aromatic N) is 1. The summed E-state index contributed by atoms with van der Waals surface area (Å²) in [6, 6.07) is 5.69. The summed E-state index contributed by atoms with van der Waals surface area (Å²) in [4.78, 5) is 15.5. The Kier molecular flexibility index (Phi) is 5.01. The van der Waals surface area contributed by atoms with Crippen molar-refractivity contribution in [1.82, 2.24) is 5.48 Å². The molecule has 0 aliphatic carbocycles. The van der Waals surface area contributed by atoms with E-state index in [4.69, 9.17) is 9.94 Å². The predicted molar refractivity (Wildman–Crippen MR) is 82.4 cm³/mol. The van der Waals surface area contributed by atoms with Gasteiger partial charge in [0.1, 0.15) is 5.75 Å². The molecule has 0 radical (unpaired) electrons. The highest BCUT2D eigenvalue weighted by molar-refractivity contribution is 8.14. The molecule has 1 heterocycles. The number of benzene rings is 1. The van der Waals surface area contributed by atoms with Gasteiger partial charge in [-0.3, -0.25) is 10.0 Å². The van der Waals surface area contributed by atoms with E-state index in [0.717, 1.165) is 11.8 Å². The van der Waals surface area contributed by atoms with Gasteiger partial charge in [-0.2, -0.15) is 0 Å². The molecule has 0 saturated heterocycles. The number of ether oxygens (including phenoxy) is 1. The summed E-state index contributed by atoms with van der Waals surface area (Å²) in [5, 5.41) is 9.81. The van der Waals surface area contributed by atoms with Crippen LogP contribution in [-0.4, -0.2) is 32.2 Å². The first-order valence-corrected chi connectivity index (χ1v) is 8.35. The van der Waals surface area contributed by atoms with E-state index in [-0.39, 0.29) is 10.5 Å². The number of nitrogens with one attached hydrogen (secondary N) is 1. The fourth-order valence-corrected chi connectivity index (χ4v) is 3.55. The third-order valence-corrected chi connectivity index (χ3v) is 4.99. The van der Waals surface area contributed by atoms with E-state index in [1.165, 1.54) is 53.9 Å². The minimum atomic E-state index is -4.03. The average Bonchev–Trinajstić information content (AvgIpc) is 2.80. The number of carbonyl (C=O) groups is 1. The lowest BCUT2D eigenvalue weighted by molar-refractivity contribution is -0.124. The number of amides is 1. The van der Waals surface area contributed by atoms with Crippen molar-refractivity contribution in [2.45, 2.75) is 4.90 Å². The van der Waals surface area contributed by atoms with Gasteiger partial charge in [0.05, 0.1) is 23.1 Å². The summed E-state index contributed by atoms with van der Waals surface area (Å²) < 4.78 is 30.3. The SMILES string of the molecule is COc1ccc(S(=O)(=O)C2=C(C(=O)NO)C=CSC=N2)cc1. The highest BCUT2D eigenvalue weighted by Gasteiger charge is 2.27. The van der Waals surface area contributed by atoms with Crippen LogP contribution >= 0.6 is 11.8 Å². The van der Waals surface area contributed by atoms with Gasteiger partial charge in [-0.15, -0.1) is 0 Å². The summed E-state index contributed by atoms with van der Waals surface area (Å²) >= 11 is 1.11. The molecule has 1 aromatic carbocycles. The van der Waals surface area contributed by atoms with Gasteiger partial charge in [0, 0.05) is 0 Å². The van der Waals surface area contributed by atoms with Crippen LogP contribution in [0.5, 0.6) is 5.75 Å². The van der Waals surface area contributed by atoms with E-state index < -0.39 is 20.8 Å². The van der Waals surface area contributed by atoms with Crippen molar-refractivity contribution in [3.8, 4) is 5.75 Å². The van der Waals surface area contributed by atoms with Crippen LogP contribution in [0.4, 0.5) is 0 Å². The number of hydroxylamine groups is 1. The Morgan fingerprint density at radius 1 is 1.32 bits per heavy atom. The van der Waals surface area contributed by atoms with Gasteiger partial charge in [0.25, 0.3) is 5.91 Å². The van der Waals surface area contributed by atoms with Crippen molar-refractivity contribution < 1.29 is 23.2 Å². The minimum absolute atomic E-state index is 0.0380. The summed E-state index contributed by atoms with van der Waals surface area (Å²) in [7, 11) is -2.56. The van der Waals surface area contributed by atoms with E-state index in [2.05, 4.69) is 4.99 Å². The van der Waals surface area contributed by atoms with E-state index in [1.54, 1.807) is 0 Å². The minimum Gasteiger partial charge on any atom is -0.497 e. The second-order valence-electron chi connectivity index (χ2n) is 4.01. The van der Waals surface area contributed by atoms with Crippen LogP contribution in [0.25, 0.3) is 0 Å². The van der Waals surface area contributed by atoms with E-state index in [0.29, 0.717) is 5.75 Å². The van der Waals surface area contributed by atoms with Crippen molar-refractivity contribution in [2.75, 3.05) is 7.11 Å². The molecule has 0 saturated carbocycles. The zero-order valence-electron chi connectivity index (χ0n) is 11.4. The first-order valence-electron chi connectivity index (χ1n) is 5.93. The quantitative estimate of drug-likeness (QED) is 0.635. The predicted octanol–water partition coefficient (Wildman–Crippen LogP) is 1.47. The molecule has 0 spiro atoms. The molecular formula is C13H12N2O5S2. The lowest BCUT2D eigenvalue weighted by atomic mass is 10.3. The van der Waals surface area contributed by atoms with Crippen LogP contribution in [0.1, 0.15) is 0 Å². The number of hydrogen-bond acceptors (Lipinski definition) is 7. The molecule has 7 nitrogen and oxygen atoms in total. The first-order chi connectivity index (χ1) is 10.5. The van der Waals surface area contributed by atoms with Crippen molar-refractivity contribution in [3.63, 3.8) is 0 Å². The second-order valence-corrected chi connectivity index (χ2v) is 6.63. The number of sulfone groups is 1. The Bertz CT molecular complexity index is 764. The first kappa shape index (κ1) is 16.3. The third kappa shape index (κ3) is 3.21. The molecule has 9 heteroatoms. The number of hydrogen-bond donors (Lipinski definition) is 2. The topological polar surface area (TPSA) is 105 Å². The average molecular weight is 340 g/mol. The molecular weight excluding hydrogens is 328 g/mol. The fourth-order valence-electron chi connectivity index (χ4n) is 1.68. The maximum Gasteiger partial charge on any atom is 0.277 e. The van der Waals surface area contributed by atoms with E-state index >= 15 is 0 Å². The fraction of sp³-hybridized carbons (Fsp3) is 0.0769. The maximum absolute atomic E-state index is 12.7. The smallest absolute Gasteiger partial charge is 0.277 e. The number of carbonyl (C=O) groups excluding carboxylic acids is 1. The molecule has 2 rings (SSSR count). The molecule has 0 atom stereocenters. The van der Waals surface area contributed by atoms with Crippen LogP contribution in [0, 0.1) is 0 Å². The van der Waals surface area contributed by atoms with E-state index in [1.807, 2.05) is 0 Å². The second kappa shape index (κ2) is 6.77. The van der Waals surface area contributed by atoms with Gasteiger partial charge in [-0.05, 0) is 35.7 Å². The van der Waals surface area contributed by atoms with Crippen LogP contribution in [-0.2, 0) is 14.6 Å². The summed E-state index contributed by atoms with van der Waals surface area (Å²) in [6.07, 6.45) is 1.28. The van der Waals surface area contributed by atoms with Gasteiger partial charge >= 0.3 is 0 Å². The standard InChI is InChI=1S/C13H12N2O5S2/c1-20-9-2-4-10(5-3-9)22(18,19)13-11(12(16)15-17)6-7-21-8-14-13/h2-8,17H,1H3,(H,15,16). The van der Waals surface area contributed by atoms with Crippen molar-refractivity contribution in [2.24, 2.45) is 4.99 Å². The number of aliphatic imine (C=N–C) groups is 1. The third-order valence-electron chi connectivity index (χ3n) is 2.74. The molecule has 0 aromatic heterocycles. The summed E-state index contributed by atoms with van der Waals surface area (Å²) in [6.45, 7) is 0. The van der Waals surface area contributed by atoms with Crippen molar-refractivity contribution >= 4 is 33.1 Å². The highest BCUT2D eigenvalue weighted by Crippen LogP contribution is 2.27. The largest absolute Gasteiger partial charge is 0.497 e. The molecule has 116 valence electrons. The molecule has 0 unspecified atom stereocenters. The number of rotatable bonds is 4. The van der Waals surface area contributed by atoms with Crippen LogP contribution < -0.4 is 10.2 Å². The molecule has 1 aliphatic heterocycles.